The van der Waals surface area contributed by atoms with E-state index >= 15 is 0 Å². The van der Waals surface area contributed by atoms with Crippen molar-refractivity contribution in [2.75, 3.05) is 5.73 Å². The first kappa shape index (κ1) is 14.3. The lowest BCUT2D eigenvalue weighted by atomic mass is 10.1. The lowest BCUT2D eigenvalue weighted by Gasteiger charge is -2.04. The van der Waals surface area contributed by atoms with Crippen molar-refractivity contribution in [2.45, 2.75) is 6.54 Å². The zero-order valence-corrected chi connectivity index (χ0v) is 12.6. The summed E-state index contributed by atoms with van der Waals surface area (Å²) in [5.74, 6) is -0.193. The molecule has 1 heterocycles. The van der Waals surface area contributed by atoms with Gasteiger partial charge in [-0.2, -0.15) is 4.37 Å². The minimum atomic E-state index is -0.193. The van der Waals surface area contributed by atoms with Crippen molar-refractivity contribution in [1.82, 2.24) is 9.69 Å². The molecule has 0 radical (unpaired) electrons. The van der Waals surface area contributed by atoms with E-state index in [1.807, 2.05) is 60.7 Å². The van der Waals surface area contributed by atoms with Gasteiger partial charge in [-0.3, -0.25) is 4.79 Å². The molecule has 0 bridgehead atoms. The topological polar surface area (TPSA) is 68.0 Å². The Morgan fingerprint density at radius 2 is 1.68 bits per heavy atom. The number of hydrogen-bond donors (Lipinski definition) is 2. The normalized spacial score (nSPS) is 10.4. The Balaban J connectivity index is 1.75. The van der Waals surface area contributed by atoms with Crippen molar-refractivity contribution >= 4 is 23.1 Å². The van der Waals surface area contributed by atoms with E-state index < -0.39 is 0 Å². The maximum atomic E-state index is 12.3. The highest BCUT2D eigenvalue weighted by molar-refractivity contribution is 7.09. The molecule has 1 amide bonds. The summed E-state index contributed by atoms with van der Waals surface area (Å²) in [5, 5.41) is 2.87. The molecule has 0 saturated carbocycles. The lowest BCUT2D eigenvalue weighted by molar-refractivity contribution is 0.0956. The quantitative estimate of drug-likeness (QED) is 0.777. The number of carbonyl (C=O) groups is 1. The number of nitrogens with zero attached hydrogens (tertiary/aromatic N) is 1. The van der Waals surface area contributed by atoms with E-state index in [0.717, 1.165) is 22.7 Å². The van der Waals surface area contributed by atoms with Crippen LogP contribution in [0.25, 0.3) is 11.3 Å². The molecular formula is C17H15N3OS. The average Bonchev–Trinajstić information content (AvgIpc) is 2.96. The van der Waals surface area contributed by atoms with Crippen LogP contribution in [0.1, 0.15) is 15.2 Å². The minimum absolute atomic E-state index is 0.193. The second-order valence-electron chi connectivity index (χ2n) is 4.81. The Labute approximate surface area is 132 Å². The second kappa shape index (κ2) is 6.41. The van der Waals surface area contributed by atoms with Crippen LogP contribution < -0.4 is 11.1 Å². The van der Waals surface area contributed by atoms with Crippen molar-refractivity contribution in [3.8, 4) is 11.3 Å². The number of anilines is 1. The molecule has 5 heteroatoms. The molecule has 1 aromatic heterocycles. The smallest absolute Gasteiger partial charge is 0.265 e. The Morgan fingerprint density at radius 1 is 1.05 bits per heavy atom. The Bertz CT molecular complexity index is 769. The highest BCUT2D eigenvalue weighted by Gasteiger charge is 2.18. The third kappa shape index (κ3) is 2.99. The van der Waals surface area contributed by atoms with Gasteiger partial charge < -0.3 is 11.1 Å². The number of rotatable bonds is 4. The van der Waals surface area contributed by atoms with Crippen LogP contribution in [0.2, 0.25) is 0 Å². The van der Waals surface area contributed by atoms with Gasteiger partial charge in [0.1, 0.15) is 10.6 Å². The fraction of sp³-hybridized carbons (Fsp3) is 0.0588. The fourth-order valence-corrected chi connectivity index (χ4v) is 2.86. The third-order valence-corrected chi connectivity index (χ3v) is 4.14. The highest BCUT2D eigenvalue weighted by atomic mass is 32.1. The Morgan fingerprint density at radius 3 is 2.36 bits per heavy atom. The van der Waals surface area contributed by atoms with Crippen LogP contribution in [0.4, 0.5) is 5.69 Å². The molecule has 3 aromatic rings. The van der Waals surface area contributed by atoms with Crippen LogP contribution in [-0.2, 0) is 6.54 Å². The fourth-order valence-electron chi connectivity index (χ4n) is 2.12. The first-order valence-electron chi connectivity index (χ1n) is 6.88. The zero-order valence-electron chi connectivity index (χ0n) is 11.8. The average molecular weight is 309 g/mol. The summed E-state index contributed by atoms with van der Waals surface area (Å²) in [6, 6.07) is 19.4. The zero-order chi connectivity index (χ0) is 15.4. The summed E-state index contributed by atoms with van der Waals surface area (Å²) < 4.78 is 4.32. The maximum Gasteiger partial charge on any atom is 0.265 e. The molecule has 4 nitrogen and oxygen atoms in total. The first-order chi connectivity index (χ1) is 10.8. The number of nitrogens with one attached hydrogen (secondary N) is 1. The number of aromatic nitrogens is 1. The van der Waals surface area contributed by atoms with Gasteiger partial charge in [-0.05, 0) is 17.1 Å². The van der Waals surface area contributed by atoms with E-state index in [-0.39, 0.29) is 5.91 Å². The van der Waals surface area contributed by atoms with Crippen molar-refractivity contribution < 1.29 is 4.79 Å². The standard InChI is InChI=1S/C17H15N3OS/c18-14-15(13-9-5-2-6-10-13)20-22-16(14)17(21)19-11-12-7-3-1-4-8-12/h1-10H,11,18H2,(H,19,21). The molecule has 3 N–H and O–H groups in total. The maximum absolute atomic E-state index is 12.3. The molecule has 3 rings (SSSR count). The van der Waals surface area contributed by atoms with Gasteiger partial charge in [-0.25, -0.2) is 0 Å². The molecule has 0 atom stereocenters. The summed E-state index contributed by atoms with van der Waals surface area (Å²) in [4.78, 5) is 12.7. The SMILES string of the molecule is Nc1c(-c2ccccc2)nsc1C(=O)NCc1ccccc1. The van der Waals surface area contributed by atoms with Gasteiger partial charge in [0, 0.05) is 12.1 Å². The number of hydrogen-bond acceptors (Lipinski definition) is 4. The molecule has 0 spiro atoms. The van der Waals surface area contributed by atoms with Crippen LogP contribution >= 0.6 is 11.5 Å². The van der Waals surface area contributed by atoms with Gasteiger partial charge >= 0.3 is 0 Å². The van der Waals surface area contributed by atoms with Gasteiger partial charge in [-0.15, -0.1) is 0 Å². The summed E-state index contributed by atoms with van der Waals surface area (Å²) in [6.07, 6.45) is 0. The van der Waals surface area contributed by atoms with Crippen LogP contribution in [0.15, 0.2) is 60.7 Å². The van der Waals surface area contributed by atoms with E-state index in [2.05, 4.69) is 9.69 Å². The van der Waals surface area contributed by atoms with E-state index in [1.165, 1.54) is 0 Å². The van der Waals surface area contributed by atoms with Gasteiger partial charge in [0.15, 0.2) is 0 Å². The third-order valence-electron chi connectivity index (χ3n) is 3.28. The summed E-state index contributed by atoms with van der Waals surface area (Å²) in [7, 11) is 0. The summed E-state index contributed by atoms with van der Waals surface area (Å²) in [5.41, 5.74) is 9.15. The molecule has 0 unspecified atom stereocenters. The van der Waals surface area contributed by atoms with Crippen molar-refractivity contribution in [3.05, 3.63) is 71.1 Å². The summed E-state index contributed by atoms with van der Waals surface area (Å²) >= 11 is 1.13. The molecule has 2 aromatic carbocycles. The number of benzene rings is 2. The van der Waals surface area contributed by atoms with Crippen LogP contribution in [0.3, 0.4) is 0 Å². The van der Waals surface area contributed by atoms with Crippen LogP contribution in [0.5, 0.6) is 0 Å². The van der Waals surface area contributed by atoms with E-state index in [1.54, 1.807) is 0 Å². The predicted molar refractivity (Wildman–Crippen MR) is 89.6 cm³/mol. The number of nitrogens with two attached hydrogens (primary N) is 1. The first-order valence-corrected chi connectivity index (χ1v) is 7.65. The minimum Gasteiger partial charge on any atom is -0.396 e. The largest absolute Gasteiger partial charge is 0.396 e. The monoisotopic (exact) mass is 309 g/mol. The molecule has 0 saturated heterocycles. The number of nitrogen functional groups attached to an aromatic ring is 1. The van der Waals surface area contributed by atoms with Crippen molar-refractivity contribution in [1.29, 1.82) is 0 Å². The van der Waals surface area contributed by atoms with E-state index in [4.69, 9.17) is 5.73 Å². The lowest BCUT2D eigenvalue weighted by Crippen LogP contribution is -2.22. The molecule has 0 aliphatic heterocycles. The Kier molecular flexibility index (Phi) is 4.16. The predicted octanol–water partition coefficient (Wildman–Crippen LogP) is 3.32. The van der Waals surface area contributed by atoms with Gasteiger partial charge in [0.25, 0.3) is 5.91 Å². The summed E-state index contributed by atoms with van der Waals surface area (Å²) in [6.45, 7) is 0.470. The van der Waals surface area contributed by atoms with Crippen LogP contribution in [-0.4, -0.2) is 10.3 Å². The Hall–Kier alpha value is -2.66. The van der Waals surface area contributed by atoms with Crippen LogP contribution in [0, 0.1) is 0 Å². The van der Waals surface area contributed by atoms with E-state index in [9.17, 15) is 4.79 Å². The van der Waals surface area contributed by atoms with Crippen molar-refractivity contribution in [3.63, 3.8) is 0 Å². The molecule has 22 heavy (non-hydrogen) atoms. The molecule has 0 aliphatic carbocycles. The van der Waals surface area contributed by atoms with Gasteiger partial charge in [0.2, 0.25) is 0 Å². The number of carbonyl (C=O) groups excluding carboxylic acids is 1. The van der Waals surface area contributed by atoms with Gasteiger partial charge in [0.05, 0.1) is 5.69 Å². The molecular weight excluding hydrogens is 294 g/mol. The molecule has 0 aliphatic rings. The second-order valence-corrected chi connectivity index (χ2v) is 5.58. The van der Waals surface area contributed by atoms with Crippen molar-refractivity contribution in [2.24, 2.45) is 0 Å². The molecule has 110 valence electrons. The molecule has 0 fully saturated rings. The highest BCUT2D eigenvalue weighted by Crippen LogP contribution is 2.30. The van der Waals surface area contributed by atoms with Gasteiger partial charge in [-0.1, -0.05) is 60.7 Å². The van der Waals surface area contributed by atoms with E-state index in [0.29, 0.717) is 22.8 Å². The number of amides is 1.